The number of rotatable bonds is 18. The number of amides is 4. The van der Waals surface area contributed by atoms with Gasteiger partial charge in [-0.1, -0.05) is 54.9 Å². The van der Waals surface area contributed by atoms with Crippen molar-refractivity contribution in [1.82, 2.24) is 15.6 Å². The standard InChI is InChI=1S/C37H41N5O4S2/c43-34(41-27-13-4-1-5-14-27)18-6-2-11-24-40-37(46)31-25-29(20-21-32(31)47)48-33-17-9-8-16-30(33)36(45)39-23-10-3-7-19-35(44)42-28-15-12-22-38-26-28/h1,4-5,8-9,12-17,20-22,25-26,47H,2-3,6-7,10-11,18-19,23-24H2,(H,39,45)(H,40,46)(H,41,43)(H,42,44). The van der Waals surface area contributed by atoms with Gasteiger partial charge in [0.15, 0.2) is 0 Å². The van der Waals surface area contributed by atoms with E-state index in [9.17, 15) is 19.2 Å². The summed E-state index contributed by atoms with van der Waals surface area (Å²) in [5, 5.41) is 11.6. The first-order valence-corrected chi connectivity index (χ1v) is 17.4. The maximum atomic E-state index is 13.0. The Bertz CT molecular complexity index is 1650. The third-order valence-corrected chi connectivity index (χ3v) is 8.76. The zero-order chi connectivity index (χ0) is 34.0. The first kappa shape index (κ1) is 36.2. The summed E-state index contributed by atoms with van der Waals surface area (Å²) in [5.41, 5.74) is 2.48. The molecule has 0 unspecified atom stereocenters. The van der Waals surface area contributed by atoms with Crippen molar-refractivity contribution in [3.8, 4) is 0 Å². The summed E-state index contributed by atoms with van der Waals surface area (Å²) in [6.45, 7) is 0.993. The second kappa shape index (κ2) is 19.9. The second-order valence-electron chi connectivity index (χ2n) is 11.1. The van der Waals surface area contributed by atoms with Gasteiger partial charge in [-0.3, -0.25) is 24.2 Å². The minimum Gasteiger partial charge on any atom is -0.352 e. The van der Waals surface area contributed by atoms with Crippen LogP contribution in [0.2, 0.25) is 0 Å². The lowest BCUT2D eigenvalue weighted by atomic mass is 10.1. The number of aromatic nitrogens is 1. The van der Waals surface area contributed by atoms with Crippen molar-refractivity contribution in [3.63, 3.8) is 0 Å². The predicted octanol–water partition coefficient (Wildman–Crippen LogP) is 7.38. The van der Waals surface area contributed by atoms with Crippen LogP contribution in [0.5, 0.6) is 0 Å². The lowest BCUT2D eigenvalue weighted by molar-refractivity contribution is -0.117. The van der Waals surface area contributed by atoms with Crippen molar-refractivity contribution >= 4 is 59.4 Å². The molecule has 4 rings (SSSR count). The fourth-order valence-electron chi connectivity index (χ4n) is 4.80. The normalized spacial score (nSPS) is 10.6. The maximum Gasteiger partial charge on any atom is 0.252 e. The summed E-state index contributed by atoms with van der Waals surface area (Å²) in [7, 11) is 0. The fourth-order valence-corrected chi connectivity index (χ4v) is 6.03. The molecule has 0 saturated carbocycles. The van der Waals surface area contributed by atoms with Gasteiger partial charge in [0.05, 0.1) is 23.0 Å². The highest BCUT2D eigenvalue weighted by molar-refractivity contribution is 7.99. The summed E-state index contributed by atoms with van der Waals surface area (Å²) in [5.74, 6) is -0.463. The molecule has 1 aromatic heterocycles. The highest BCUT2D eigenvalue weighted by Crippen LogP contribution is 2.32. The van der Waals surface area contributed by atoms with E-state index in [-0.39, 0.29) is 23.6 Å². The predicted molar refractivity (Wildman–Crippen MR) is 194 cm³/mol. The van der Waals surface area contributed by atoms with Gasteiger partial charge in [0.2, 0.25) is 11.8 Å². The molecule has 0 aliphatic rings. The maximum absolute atomic E-state index is 13.0. The molecule has 4 N–H and O–H groups in total. The number of pyridine rings is 1. The number of nitrogens with one attached hydrogen (secondary N) is 4. The molecule has 3 aromatic carbocycles. The van der Waals surface area contributed by atoms with Gasteiger partial charge in [0.1, 0.15) is 0 Å². The van der Waals surface area contributed by atoms with E-state index in [0.29, 0.717) is 47.6 Å². The summed E-state index contributed by atoms with van der Waals surface area (Å²) in [4.78, 5) is 56.4. The van der Waals surface area contributed by atoms with Crippen LogP contribution in [-0.4, -0.2) is 41.7 Å². The molecule has 0 fully saturated rings. The van der Waals surface area contributed by atoms with Crippen LogP contribution in [0.3, 0.4) is 0 Å². The van der Waals surface area contributed by atoms with Gasteiger partial charge in [-0.25, -0.2) is 0 Å². The van der Waals surface area contributed by atoms with E-state index in [1.54, 1.807) is 42.7 Å². The van der Waals surface area contributed by atoms with E-state index in [1.165, 1.54) is 11.8 Å². The first-order chi connectivity index (χ1) is 23.4. The summed E-state index contributed by atoms with van der Waals surface area (Å²) in [6.07, 6.45) is 8.69. The van der Waals surface area contributed by atoms with Crippen LogP contribution in [0.4, 0.5) is 11.4 Å². The van der Waals surface area contributed by atoms with Gasteiger partial charge in [-0.05, 0) is 80.3 Å². The largest absolute Gasteiger partial charge is 0.352 e. The third-order valence-electron chi connectivity index (χ3n) is 7.31. The van der Waals surface area contributed by atoms with E-state index in [4.69, 9.17) is 0 Å². The molecule has 250 valence electrons. The van der Waals surface area contributed by atoms with Crippen molar-refractivity contribution in [2.24, 2.45) is 0 Å². The number of anilines is 2. The average Bonchev–Trinajstić information content (AvgIpc) is 3.09. The van der Waals surface area contributed by atoms with Crippen LogP contribution < -0.4 is 21.3 Å². The quantitative estimate of drug-likeness (QED) is 0.0550. The van der Waals surface area contributed by atoms with Gasteiger partial charge in [0.25, 0.3) is 11.8 Å². The van der Waals surface area contributed by atoms with Crippen molar-refractivity contribution in [3.05, 3.63) is 108 Å². The Morgan fingerprint density at radius 2 is 1.23 bits per heavy atom. The number of unbranched alkanes of at least 4 members (excludes halogenated alkanes) is 4. The smallest absolute Gasteiger partial charge is 0.252 e. The van der Waals surface area contributed by atoms with Crippen LogP contribution in [0.25, 0.3) is 0 Å². The monoisotopic (exact) mass is 683 g/mol. The summed E-state index contributed by atoms with van der Waals surface area (Å²) < 4.78 is 0. The number of para-hydroxylation sites is 1. The van der Waals surface area contributed by atoms with Gasteiger partial charge in [0, 0.05) is 52.5 Å². The van der Waals surface area contributed by atoms with E-state index >= 15 is 0 Å². The molecule has 0 atom stereocenters. The molecular weight excluding hydrogens is 643 g/mol. The molecule has 0 bridgehead atoms. The lowest BCUT2D eigenvalue weighted by Gasteiger charge is -2.12. The van der Waals surface area contributed by atoms with Crippen LogP contribution in [0.1, 0.15) is 72.1 Å². The van der Waals surface area contributed by atoms with E-state index in [2.05, 4.69) is 38.9 Å². The Labute approximate surface area is 291 Å². The fraction of sp³-hybridized carbons (Fsp3) is 0.270. The average molecular weight is 684 g/mol. The van der Waals surface area contributed by atoms with Gasteiger partial charge < -0.3 is 21.3 Å². The highest BCUT2D eigenvalue weighted by Gasteiger charge is 2.15. The van der Waals surface area contributed by atoms with Gasteiger partial charge in [-0.15, -0.1) is 12.6 Å². The molecule has 4 aromatic rings. The minimum atomic E-state index is -0.218. The number of thiol groups is 1. The summed E-state index contributed by atoms with van der Waals surface area (Å²) >= 11 is 5.91. The second-order valence-corrected chi connectivity index (χ2v) is 12.7. The molecule has 0 saturated heterocycles. The van der Waals surface area contributed by atoms with E-state index in [1.807, 2.05) is 54.6 Å². The zero-order valence-electron chi connectivity index (χ0n) is 26.7. The Hall–Kier alpha value is -4.61. The molecule has 4 amide bonds. The molecule has 1 heterocycles. The Morgan fingerprint density at radius 3 is 1.90 bits per heavy atom. The zero-order valence-corrected chi connectivity index (χ0v) is 28.5. The number of carbonyl (C=O) groups is 4. The molecule has 0 aliphatic carbocycles. The number of hydrogen-bond acceptors (Lipinski definition) is 7. The van der Waals surface area contributed by atoms with Gasteiger partial charge in [-0.2, -0.15) is 0 Å². The molecule has 11 heteroatoms. The lowest BCUT2D eigenvalue weighted by Crippen LogP contribution is -2.25. The van der Waals surface area contributed by atoms with Crippen molar-refractivity contribution in [1.29, 1.82) is 0 Å². The number of benzene rings is 3. The molecular formula is C37H41N5O4S2. The molecule has 0 radical (unpaired) electrons. The molecule has 0 spiro atoms. The van der Waals surface area contributed by atoms with Crippen LogP contribution in [0, 0.1) is 0 Å². The molecule has 48 heavy (non-hydrogen) atoms. The molecule has 9 nitrogen and oxygen atoms in total. The Morgan fingerprint density at radius 1 is 0.625 bits per heavy atom. The van der Waals surface area contributed by atoms with Crippen molar-refractivity contribution in [2.45, 2.75) is 66.1 Å². The third kappa shape index (κ3) is 12.5. The topological polar surface area (TPSA) is 129 Å². The Balaban J connectivity index is 1.17. The SMILES string of the molecule is O=C(CCCCCNC(=O)c1cc(Sc2ccccc2C(=O)NCCCCCC(=O)Nc2cccnc2)ccc1S)Nc1ccccc1. The highest BCUT2D eigenvalue weighted by atomic mass is 32.2. The van der Waals surface area contributed by atoms with Crippen LogP contribution >= 0.6 is 24.4 Å². The van der Waals surface area contributed by atoms with Gasteiger partial charge >= 0.3 is 0 Å². The van der Waals surface area contributed by atoms with E-state index < -0.39 is 0 Å². The van der Waals surface area contributed by atoms with Crippen molar-refractivity contribution < 1.29 is 19.2 Å². The number of nitrogens with zero attached hydrogens (tertiary/aromatic N) is 1. The number of hydrogen-bond donors (Lipinski definition) is 5. The minimum absolute atomic E-state index is 0.0193. The van der Waals surface area contributed by atoms with Crippen LogP contribution in [0.15, 0.2) is 112 Å². The summed E-state index contributed by atoms with van der Waals surface area (Å²) in [6, 6.07) is 25.8. The first-order valence-electron chi connectivity index (χ1n) is 16.1. The molecule has 0 aliphatic heterocycles. The Kier molecular flexibility index (Phi) is 15.0. The van der Waals surface area contributed by atoms with Crippen LogP contribution in [-0.2, 0) is 9.59 Å². The number of carbonyl (C=O) groups excluding carboxylic acids is 4. The van der Waals surface area contributed by atoms with Crippen molar-refractivity contribution in [2.75, 3.05) is 23.7 Å². The van der Waals surface area contributed by atoms with E-state index in [0.717, 1.165) is 54.0 Å².